The SMILES string of the molecule is Nc1cccnc1SCCCOc1ccc(Cl)cc1. The molecule has 0 bridgehead atoms. The lowest BCUT2D eigenvalue weighted by Gasteiger charge is -2.06. The van der Waals surface area contributed by atoms with Crippen LogP contribution in [0.15, 0.2) is 47.6 Å². The summed E-state index contributed by atoms with van der Waals surface area (Å²) < 4.78 is 5.61. The monoisotopic (exact) mass is 294 g/mol. The van der Waals surface area contributed by atoms with Crippen LogP contribution >= 0.6 is 23.4 Å². The van der Waals surface area contributed by atoms with E-state index in [0.29, 0.717) is 11.6 Å². The van der Waals surface area contributed by atoms with E-state index < -0.39 is 0 Å². The molecule has 3 nitrogen and oxygen atoms in total. The van der Waals surface area contributed by atoms with Crippen molar-refractivity contribution in [1.82, 2.24) is 4.98 Å². The second-order valence-electron chi connectivity index (χ2n) is 3.90. The van der Waals surface area contributed by atoms with Crippen molar-refractivity contribution in [3.8, 4) is 5.75 Å². The van der Waals surface area contributed by atoms with Gasteiger partial charge in [-0.1, -0.05) is 11.6 Å². The van der Waals surface area contributed by atoms with E-state index in [1.807, 2.05) is 36.4 Å². The van der Waals surface area contributed by atoms with Crippen molar-refractivity contribution in [3.05, 3.63) is 47.6 Å². The topological polar surface area (TPSA) is 48.1 Å². The van der Waals surface area contributed by atoms with Gasteiger partial charge >= 0.3 is 0 Å². The number of aromatic nitrogens is 1. The molecule has 0 aliphatic heterocycles. The van der Waals surface area contributed by atoms with Crippen molar-refractivity contribution in [2.75, 3.05) is 18.1 Å². The number of anilines is 1. The van der Waals surface area contributed by atoms with Crippen LogP contribution in [-0.2, 0) is 0 Å². The van der Waals surface area contributed by atoms with Crippen LogP contribution in [0.2, 0.25) is 5.02 Å². The second kappa shape index (κ2) is 7.26. The molecular formula is C14H15ClN2OS. The van der Waals surface area contributed by atoms with Gasteiger partial charge in [0.05, 0.1) is 12.3 Å². The molecule has 0 saturated heterocycles. The number of rotatable bonds is 6. The van der Waals surface area contributed by atoms with Crippen molar-refractivity contribution in [2.45, 2.75) is 11.4 Å². The van der Waals surface area contributed by atoms with E-state index in [-0.39, 0.29) is 0 Å². The highest BCUT2D eigenvalue weighted by atomic mass is 35.5. The predicted molar refractivity (Wildman–Crippen MR) is 80.9 cm³/mol. The van der Waals surface area contributed by atoms with Crippen LogP contribution in [-0.4, -0.2) is 17.3 Å². The smallest absolute Gasteiger partial charge is 0.119 e. The third-order valence-electron chi connectivity index (χ3n) is 2.41. The summed E-state index contributed by atoms with van der Waals surface area (Å²) in [5.41, 5.74) is 6.54. The van der Waals surface area contributed by atoms with E-state index in [9.17, 15) is 0 Å². The number of pyridine rings is 1. The summed E-state index contributed by atoms with van der Waals surface area (Å²) in [5, 5.41) is 1.60. The Morgan fingerprint density at radius 3 is 2.74 bits per heavy atom. The molecule has 0 radical (unpaired) electrons. The molecule has 0 aliphatic rings. The van der Waals surface area contributed by atoms with Gasteiger partial charge in [-0.3, -0.25) is 0 Å². The lowest BCUT2D eigenvalue weighted by Crippen LogP contribution is -1.99. The van der Waals surface area contributed by atoms with E-state index in [1.165, 1.54) is 0 Å². The first kappa shape index (κ1) is 14.0. The van der Waals surface area contributed by atoms with E-state index in [4.69, 9.17) is 22.1 Å². The molecule has 1 aromatic heterocycles. The molecule has 1 aromatic carbocycles. The van der Waals surface area contributed by atoms with E-state index in [2.05, 4.69) is 4.98 Å². The van der Waals surface area contributed by atoms with Crippen LogP contribution in [0.1, 0.15) is 6.42 Å². The number of nitrogens with two attached hydrogens (primary N) is 1. The molecule has 19 heavy (non-hydrogen) atoms. The van der Waals surface area contributed by atoms with Crippen LogP contribution in [0.5, 0.6) is 5.75 Å². The Morgan fingerprint density at radius 2 is 2.00 bits per heavy atom. The lowest BCUT2D eigenvalue weighted by molar-refractivity contribution is 0.318. The summed E-state index contributed by atoms with van der Waals surface area (Å²) in [6, 6.07) is 11.1. The first-order valence-corrected chi connectivity index (χ1v) is 7.34. The number of ether oxygens (including phenoxy) is 1. The highest BCUT2D eigenvalue weighted by Gasteiger charge is 2.00. The van der Waals surface area contributed by atoms with Gasteiger partial charge in [-0.2, -0.15) is 0 Å². The number of benzene rings is 1. The summed E-state index contributed by atoms with van der Waals surface area (Å²) in [7, 11) is 0. The Kier molecular flexibility index (Phi) is 5.36. The Labute approximate surface area is 122 Å². The second-order valence-corrected chi connectivity index (χ2v) is 5.42. The largest absolute Gasteiger partial charge is 0.494 e. The van der Waals surface area contributed by atoms with E-state index >= 15 is 0 Å². The van der Waals surface area contributed by atoms with Crippen LogP contribution in [0, 0.1) is 0 Å². The van der Waals surface area contributed by atoms with Crippen LogP contribution in [0.4, 0.5) is 5.69 Å². The van der Waals surface area contributed by atoms with Crippen LogP contribution in [0.3, 0.4) is 0 Å². The Morgan fingerprint density at radius 1 is 1.21 bits per heavy atom. The molecule has 0 saturated carbocycles. The maximum Gasteiger partial charge on any atom is 0.119 e. The van der Waals surface area contributed by atoms with E-state index in [0.717, 1.165) is 28.6 Å². The van der Waals surface area contributed by atoms with Gasteiger partial charge in [0.1, 0.15) is 10.8 Å². The highest BCUT2D eigenvalue weighted by molar-refractivity contribution is 7.99. The molecule has 0 spiro atoms. The predicted octanol–water partition coefficient (Wildman–Crippen LogP) is 3.88. The first-order valence-electron chi connectivity index (χ1n) is 5.97. The molecule has 0 amide bonds. The maximum atomic E-state index is 5.81. The van der Waals surface area contributed by atoms with Gasteiger partial charge < -0.3 is 10.5 Å². The molecule has 5 heteroatoms. The van der Waals surface area contributed by atoms with Gasteiger partial charge in [-0.05, 0) is 42.8 Å². The number of thioether (sulfide) groups is 1. The highest BCUT2D eigenvalue weighted by Crippen LogP contribution is 2.22. The fourth-order valence-corrected chi connectivity index (χ4v) is 2.42. The minimum atomic E-state index is 0.668. The van der Waals surface area contributed by atoms with Gasteiger partial charge in [0, 0.05) is 17.0 Å². The molecule has 0 aliphatic carbocycles. The number of hydrogen-bond acceptors (Lipinski definition) is 4. The fourth-order valence-electron chi connectivity index (χ4n) is 1.47. The average molecular weight is 295 g/mol. The molecular weight excluding hydrogens is 280 g/mol. The Hall–Kier alpha value is -1.39. The summed E-state index contributed by atoms with van der Waals surface area (Å²) in [6.45, 7) is 0.668. The zero-order valence-corrected chi connectivity index (χ0v) is 12.0. The molecule has 100 valence electrons. The Balaban J connectivity index is 1.67. The summed E-state index contributed by atoms with van der Waals surface area (Å²) in [4.78, 5) is 4.23. The number of nitrogens with zero attached hydrogens (tertiary/aromatic N) is 1. The standard InChI is InChI=1S/C14H15ClN2OS/c15-11-4-6-12(7-5-11)18-9-2-10-19-14-13(16)3-1-8-17-14/h1,3-8H,2,9-10,16H2. The van der Waals surface area contributed by atoms with Crippen LogP contribution < -0.4 is 10.5 Å². The maximum absolute atomic E-state index is 5.81. The summed E-state index contributed by atoms with van der Waals surface area (Å²) in [6.07, 6.45) is 2.69. The summed E-state index contributed by atoms with van der Waals surface area (Å²) in [5.74, 6) is 1.76. The third-order valence-corrected chi connectivity index (χ3v) is 3.77. The van der Waals surface area contributed by atoms with Gasteiger partial charge in [-0.25, -0.2) is 4.98 Å². The van der Waals surface area contributed by atoms with Gasteiger partial charge in [0.2, 0.25) is 0 Å². The van der Waals surface area contributed by atoms with Crippen molar-refractivity contribution >= 4 is 29.1 Å². The molecule has 2 N–H and O–H groups in total. The molecule has 2 rings (SSSR count). The zero-order valence-electron chi connectivity index (χ0n) is 10.4. The molecule has 0 fully saturated rings. The number of halogens is 1. The van der Waals surface area contributed by atoms with Crippen LogP contribution in [0.25, 0.3) is 0 Å². The number of nitrogen functional groups attached to an aromatic ring is 1. The van der Waals surface area contributed by atoms with Gasteiger partial charge in [0.15, 0.2) is 0 Å². The van der Waals surface area contributed by atoms with Gasteiger partial charge in [-0.15, -0.1) is 11.8 Å². The third kappa shape index (κ3) is 4.65. The number of hydrogen-bond donors (Lipinski definition) is 1. The molecule has 1 heterocycles. The van der Waals surface area contributed by atoms with Gasteiger partial charge in [0.25, 0.3) is 0 Å². The molecule has 0 unspecified atom stereocenters. The van der Waals surface area contributed by atoms with Crippen molar-refractivity contribution in [1.29, 1.82) is 0 Å². The minimum absolute atomic E-state index is 0.668. The molecule has 0 atom stereocenters. The zero-order chi connectivity index (χ0) is 13.5. The first-order chi connectivity index (χ1) is 9.25. The van der Waals surface area contributed by atoms with E-state index in [1.54, 1.807) is 18.0 Å². The fraction of sp³-hybridized carbons (Fsp3) is 0.214. The van der Waals surface area contributed by atoms with Crippen molar-refractivity contribution < 1.29 is 4.74 Å². The minimum Gasteiger partial charge on any atom is -0.494 e. The quantitative estimate of drug-likeness (QED) is 0.649. The Bertz CT molecular complexity index is 519. The van der Waals surface area contributed by atoms with Crippen molar-refractivity contribution in [2.24, 2.45) is 0 Å². The normalized spacial score (nSPS) is 10.4. The van der Waals surface area contributed by atoms with Crippen molar-refractivity contribution in [3.63, 3.8) is 0 Å². The molecule has 2 aromatic rings. The summed E-state index contributed by atoms with van der Waals surface area (Å²) >= 11 is 7.45. The average Bonchev–Trinajstić information content (AvgIpc) is 2.42. The lowest BCUT2D eigenvalue weighted by atomic mass is 10.3.